The third-order valence-electron chi connectivity index (χ3n) is 6.39. The highest BCUT2D eigenvalue weighted by Crippen LogP contribution is 2.25. The molecule has 2 saturated heterocycles. The topological polar surface area (TPSA) is 113 Å². The number of rotatable bonds is 6. The highest BCUT2D eigenvalue weighted by Gasteiger charge is 2.35. The van der Waals surface area contributed by atoms with Crippen molar-refractivity contribution in [2.75, 3.05) is 38.2 Å². The van der Waals surface area contributed by atoms with Crippen LogP contribution >= 0.6 is 0 Å². The minimum Gasteiger partial charge on any atom is -0.378 e. The molecule has 3 aromatic rings. The van der Waals surface area contributed by atoms with Gasteiger partial charge in [-0.25, -0.2) is 9.69 Å². The largest absolute Gasteiger partial charge is 0.378 e. The van der Waals surface area contributed by atoms with Crippen molar-refractivity contribution < 1.29 is 23.9 Å². The van der Waals surface area contributed by atoms with Crippen LogP contribution < -0.4 is 10.6 Å². The highest BCUT2D eigenvalue weighted by atomic mass is 16.5. The molecule has 10 heteroatoms. The molecule has 5 rings (SSSR count). The summed E-state index contributed by atoms with van der Waals surface area (Å²) in [6.45, 7) is 3.84. The third kappa shape index (κ3) is 5.24. The van der Waals surface area contributed by atoms with Crippen LogP contribution in [-0.2, 0) is 25.7 Å². The average Bonchev–Trinajstić information content (AvgIpc) is 3.37. The zero-order valence-corrected chi connectivity index (χ0v) is 20.4. The number of imide groups is 1. The van der Waals surface area contributed by atoms with Gasteiger partial charge in [-0.15, -0.1) is 0 Å². The predicted molar refractivity (Wildman–Crippen MR) is 137 cm³/mol. The zero-order chi connectivity index (χ0) is 25.9. The molecule has 0 unspecified atom stereocenters. The van der Waals surface area contributed by atoms with E-state index in [4.69, 9.17) is 4.74 Å². The zero-order valence-electron chi connectivity index (χ0n) is 20.4. The molecule has 2 N–H and O–H groups in total. The van der Waals surface area contributed by atoms with Gasteiger partial charge in [0.25, 0.3) is 5.91 Å². The van der Waals surface area contributed by atoms with E-state index < -0.39 is 24.4 Å². The van der Waals surface area contributed by atoms with Gasteiger partial charge in [-0.1, -0.05) is 35.9 Å². The van der Waals surface area contributed by atoms with Crippen LogP contribution in [0.1, 0.15) is 11.1 Å². The Morgan fingerprint density at radius 1 is 1.03 bits per heavy atom. The number of urea groups is 1. The number of ether oxygens (including phenoxy) is 1. The van der Waals surface area contributed by atoms with Crippen molar-refractivity contribution in [2.24, 2.45) is 0 Å². The summed E-state index contributed by atoms with van der Waals surface area (Å²) in [5.74, 6) is -1.09. The number of amides is 5. The lowest BCUT2D eigenvalue weighted by Gasteiger charge is -2.27. The Hall–Kier alpha value is -4.44. The van der Waals surface area contributed by atoms with Gasteiger partial charge in [0.1, 0.15) is 18.8 Å². The molecule has 0 radical (unpaired) electrons. The fraction of sp³-hybridized carbons (Fsp3) is 0.259. The smallest absolute Gasteiger partial charge is 0.329 e. The van der Waals surface area contributed by atoms with Crippen LogP contribution in [0.2, 0.25) is 0 Å². The number of carbonyl (C=O) groups is 4. The number of anilines is 1. The molecule has 10 nitrogen and oxygen atoms in total. The number of morpholine rings is 1. The number of fused-ring (bicyclic) bond motifs is 1. The van der Waals surface area contributed by atoms with Gasteiger partial charge in [0.05, 0.1) is 13.2 Å². The van der Waals surface area contributed by atoms with Gasteiger partial charge in [-0.2, -0.15) is 0 Å². The van der Waals surface area contributed by atoms with Crippen LogP contribution in [0.25, 0.3) is 17.0 Å². The van der Waals surface area contributed by atoms with Gasteiger partial charge < -0.3 is 24.8 Å². The van der Waals surface area contributed by atoms with E-state index in [0.29, 0.717) is 37.6 Å². The van der Waals surface area contributed by atoms with Gasteiger partial charge in [0, 0.05) is 41.4 Å². The SMILES string of the molecule is Cc1ccc(NC(=O)CN2C(=O)NC(=Cc3cn(CC(=O)N4CCOCC4)c4ccccc34)C2=O)cc1. The third-order valence-corrected chi connectivity index (χ3v) is 6.39. The molecule has 37 heavy (non-hydrogen) atoms. The summed E-state index contributed by atoms with van der Waals surface area (Å²) in [7, 11) is 0. The normalized spacial score (nSPS) is 16.9. The molecule has 0 aliphatic carbocycles. The lowest BCUT2D eigenvalue weighted by Crippen LogP contribution is -2.42. The van der Waals surface area contributed by atoms with Crippen LogP contribution in [0.3, 0.4) is 0 Å². The maximum absolute atomic E-state index is 13.0. The van der Waals surface area contributed by atoms with Crippen molar-refractivity contribution in [3.05, 3.63) is 71.6 Å². The number of para-hydroxylation sites is 1. The van der Waals surface area contributed by atoms with Crippen molar-refractivity contribution in [3.8, 4) is 0 Å². The molecule has 0 spiro atoms. The molecule has 2 fully saturated rings. The Labute approximate surface area is 213 Å². The summed E-state index contributed by atoms with van der Waals surface area (Å²) in [4.78, 5) is 53.5. The van der Waals surface area contributed by atoms with E-state index in [9.17, 15) is 19.2 Å². The first-order valence-electron chi connectivity index (χ1n) is 12.0. The van der Waals surface area contributed by atoms with Crippen LogP contribution in [0.15, 0.2) is 60.4 Å². The number of aromatic nitrogens is 1. The van der Waals surface area contributed by atoms with E-state index in [2.05, 4.69) is 10.6 Å². The summed E-state index contributed by atoms with van der Waals surface area (Å²) in [5.41, 5.74) is 3.21. The van der Waals surface area contributed by atoms with E-state index >= 15 is 0 Å². The minimum absolute atomic E-state index is 0.0146. The second kappa shape index (κ2) is 10.3. The predicted octanol–water partition coefficient (Wildman–Crippen LogP) is 2.34. The molecule has 2 aliphatic rings. The first-order valence-corrected chi connectivity index (χ1v) is 12.0. The van der Waals surface area contributed by atoms with Gasteiger partial charge in [0.2, 0.25) is 11.8 Å². The van der Waals surface area contributed by atoms with Crippen LogP contribution in [0.5, 0.6) is 0 Å². The Morgan fingerprint density at radius 3 is 2.51 bits per heavy atom. The molecule has 1 aromatic heterocycles. The second-order valence-corrected chi connectivity index (χ2v) is 9.02. The van der Waals surface area contributed by atoms with Gasteiger partial charge in [0.15, 0.2) is 0 Å². The molecular weight excluding hydrogens is 474 g/mol. The van der Waals surface area contributed by atoms with E-state index in [1.807, 2.05) is 47.9 Å². The van der Waals surface area contributed by atoms with Crippen LogP contribution in [0.4, 0.5) is 10.5 Å². The Balaban J connectivity index is 1.33. The number of nitrogens with zero attached hydrogens (tertiary/aromatic N) is 3. The number of benzene rings is 2. The highest BCUT2D eigenvalue weighted by molar-refractivity contribution is 6.16. The van der Waals surface area contributed by atoms with Gasteiger partial charge in [-0.05, 0) is 31.2 Å². The molecule has 190 valence electrons. The molecule has 2 aliphatic heterocycles. The van der Waals surface area contributed by atoms with Crippen molar-refractivity contribution in [1.82, 2.24) is 19.7 Å². The number of hydrogen-bond acceptors (Lipinski definition) is 5. The maximum Gasteiger partial charge on any atom is 0.329 e. The monoisotopic (exact) mass is 501 g/mol. The van der Waals surface area contributed by atoms with Crippen molar-refractivity contribution in [1.29, 1.82) is 0 Å². The van der Waals surface area contributed by atoms with Crippen LogP contribution in [0, 0.1) is 6.92 Å². The van der Waals surface area contributed by atoms with Gasteiger partial charge >= 0.3 is 6.03 Å². The maximum atomic E-state index is 13.0. The fourth-order valence-electron chi connectivity index (χ4n) is 4.43. The number of hydrogen-bond donors (Lipinski definition) is 2. The molecular formula is C27H27N5O5. The van der Waals surface area contributed by atoms with Crippen molar-refractivity contribution >= 4 is 46.4 Å². The average molecular weight is 502 g/mol. The second-order valence-electron chi connectivity index (χ2n) is 9.02. The summed E-state index contributed by atoms with van der Waals surface area (Å²) in [6, 6.07) is 14.1. The molecule has 2 aromatic carbocycles. The van der Waals surface area contributed by atoms with Crippen molar-refractivity contribution in [3.63, 3.8) is 0 Å². The lowest BCUT2D eigenvalue weighted by molar-refractivity contribution is -0.135. The number of nitrogens with one attached hydrogen (secondary N) is 2. The van der Waals surface area contributed by atoms with Gasteiger partial charge in [-0.3, -0.25) is 14.4 Å². The Kier molecular flexibility index (Phi) is 6.74. The van der Waals surface area contributed by atoms with E-state index in [1.54, 1.807) is 29.3 Å². The molecule has 5 amide bonds. The molecule has 0 atom stereocenters. The summed E-state index contributed by atoms with van der Waals surface area (Å²) < 4.78 is 7.17. The molecule has 0 saturated carbocycles. The Morgan fingerprint density at radius 2 is 1.76 bits per heavy atom. The van der Waals surface area contributed by atoms with E-state index in [0.717, 1.165) is 21.4 Å². The Bertz CT molecular complexity index is 1400. The number of aryl methyl sites for hydroxylation is 1. The summed E-state index contributed by atoms with van der Waals surface area (Å²) >= 11 is 0. The van der Waals surface area contributed by atoms with Crippen molar-refractivity contribution in [2.45, 2.75) is 13.5 Å². The summed E-state index contributed by atoms with van der Waals surface area (Å²) in [6.07, 6.45) is 3.37. The molecule has 3 heterocycles. The minimum atomic E-state index is -0.665. The number of carbonyl (C=O) groups excluding carboxylic acids is 4. The standard InChI is InChI=1S/C27H27N5O5/c1-18-6-8-20(9-7-18)28-24(33)16-32-26(35)22(29-27(32)36)14-19-15-31(23-5-3-2-4-21(19)23)17-25(34)30-10-12-37-13-11-30/h2-9,14-15H,10-13,16-17H2,1H3,(H,28,33)(H,29,36). The first kappa shape index (κ1) is 24.3. The quantitative estimate of drug-likeness (QED) is 0.398. The van der Waals surface area contributed by atoms with E-state index in [-0.39, 0.29) is 18.1 Å². The lowest BCUT2D eigenvalue weighted by atomic mass is 10.1. The fourth-order valence-corrected chi connectivity index (χ4v) is 4.43. The van der Waals surface area contributed by atoms with E-state index in [1.165, 1.54) is 0 Å². The van der Waals surface area contributed by atoms with Crippen LogP contribution in [-0.4, -0.2) is 71.0 Å². The summed E-state index contributed by atoms with van der Waals surface area (Å²) in [5, 5.41) is 6.10. The molecule has 0 bridgehead atoms. The first-order chi connectivity index (χ1) is 17.9.